The lowest BCUT2D eigenvalue weighted by atomic mass is 9.95. The van der Waals surface area contributed by atoms with Crippen molar-refractivity contribution in [2.75, 3.05) is 0 Å². The van der Waals surface area contributed by atoms with Gasteiger partial charge in [-0.1, -0.05) is 97.1 Å². The van der Waals surface area contributed by atoms with Gasteiger partial charge in [0.1, 0.15) is 5.69 Å². The fraction of sp³-hybridized carbons (Fsp3) is 0. The molecule has 0 aliphatic carbocycles. The van der Waals surface area contributed by atoms with E-state index < -0.39 is 0 Å². The Morgan fingerprint density at radius 2 is 1.13 bits per heavy atom. The number of nitrogens with zero attached hydrogens (tertiary/aromatic N) is 3. The van der Waals surface area contributed by atoms with Crippen molar-refractivity contribution < 1.29 is 0 Å². The molecule has 0 spiro atoms. The van der Waals surface area contributed by atoms with Crippen molar-refractivity contribution >= 4 is 21.9 Å². The Balaban J connectivity index is 1.83. The van der Waals surface area contributed by atoms with Crippen molar-refractivity contribution in [2.24, 2.45) is 0 Å². The maximum atomic E-state index is 5.09. The van der Waals surface area contributed by atoms with E-state index in [0.717, 1.165) is 44.4 Å². The molecule has 0 bridgehead atoms. The van der Waals surface area contributed by atoms with Crippen LogP contribution in [-0.4, -0.2) is 14.8 Å². The first-order valence-corrected chi connectivity index (χ1v) is 10.4. The molecule has 0 aliphatic rings. The van der Waals surface area contributed by atoms with Crippen molar-refractivity contribution in [1.29, 1.82) is 0 Å². The molecule has 0 amide bonds. The minimum atomic E-state index is 0.864. The molecule has 0 atom stereocenters. The average Bonchev–Trinajstić information content (AvgIpc) is 3.23. The Labute approximate surface area is 180 Å². The third kappa shape index (κ3) is 2.90. The second-order valence-corrected chi connectivity index (χ2v) is 7.53. The van der Waals surface area contributed by atoms with Crippen LogP contribution in [0.2, 0.25) is 0 Å². The van der Waals surface area contributed by atoms with Crippen LogP contribution in [0.15, 0.2) is 115 Å². The first-order valence-electron chi connectivity index (χ1n) is 10.4. The zero-order chi connectivity index (χ0) is 20.6. The zero-order valence-electron chi connectivity index (χ0n) is 16.8. The van der Waals surface area contributed by atoms with E-state index in [9.17, 15) is 0 Å². The quantitative estimate of drug-likeness (QED) is 0.325. The first kappa shape index (κ1) is 17.6. The van der Waals surface area contributed by atoms with Crippen molar-refractivity contribution in [1.82, 2.24) is 14.8 Å². The van der Waals surface area contributed by atoms with E-state index in [1.807, 2.05) is 35.0 Å². The molecule has 0 N–H and O–H groups in total. The summed E-state index contributed by atoms with van der Waals surface area (Å²) in [6, 6.07) is 39.5. The normalized spacial score (nSPS) is 11.2. The minimum absolute atomic E-state index is 0.864. The highest BCUT2D eigenvalue weighted by Crippen LogP contribution is 2.40. The molecular formula is C28H19N3. The average molecular weight is 397 g/mol. The van der Waals surface area contributed by atoms with E-state index in [1.165, 1.54) is 5.56 Å². The number of fused-ring (bicyclic) bond motifs is 2. The molecule has 31 heavy (non-hydrogen) atoms. The lowest BCUT2D eigenvalue weighted by Gasteiger charge is -2.11. The lowest BCUT2D eigenvalue weighted by Crippen LogP contribution is -1.98. The van der Waals surface area contributed by atoms with Gasteiger partial charge in [-0.25, -0.2) is 9.67 Å². The van der Waals surface area contributed by atoms with Gasteiger partial charge >= 0.3 is 0 Å². The highest BCUT2D eigenvalue weighted by atomic mass is 15.3. The lowest BCUT2D eigenvalue weighted by molar-refractivity contribution is 0.903. The van der Waals surface area contributed by atoms with E-state index in [2.05, 4.69) is 84.9 Å². The molecule has 3 heteroatoms. The van der Waals surface area contributed by atoms with Gasteiger partial charge in [0.25, 0.3) is 0 Å². The van der Waals surface area contributed by atoms with Crippen LogP contribution >= 0.6 is 0 Å². The summed E-state index contributed by atoms with van der Waals surface area (Å²) in [5, 5.41) is 7.29. The predicted molar refractivity (Wildman–Crippen MR) is 127 cm³/mol. The zero-order valence-corrected chi connectivity index (χ0v) is 16.8. The van der Waals surface area contributed by atoms with Gasteiger partial charge in [0.2, 0.25) is 0 Å². The summed E-state index contributed by atoms with van der Waals surface area (Å²) >= 11 is 0. The molecule has 3 nitrogen and oxygen atoms in total. The maximum Gasteiger partial charge on any atom is 0.164 e. The molecule has 0 fully saturated rings. The SMILES string of the molecule is c1ccc(-c2nn(-c3ccccc3)c3nc4ccccc4c(-c4ccccc4)c23)cc1. The van der Waals surface area contributed by atoms with Gasteiger partial charge < -0.3 is 0 Å². The molecule has 2 heterocycles. The summed E-state index contributed by atoms with van der Waals surface area (Å²) in [5.41, 5.74) is 7.18. The van der Waals surface area contributed by atoms with Crippen LogP contribution in [0.3, 0.4) is 0 Å². The van der Waals surface area contributed by atoms with E-state index in [-0.39, 0.29) is 0 Å². The fourth-order valence-corrected chi connectivity index (χ4v) is 4.23. The molecule has 4 aromatic carbocycles. The summed E-state index contributed by atoms with van der Waals surface area (Å²) in [7, 11) is 0. The number of benzene rings is 4. The maximum absolute atomic E-state index is 5.09. The summed E-state index contributed by atoms with van der Waals surface area (Å²) in [6.07, 6.45) is 0. The third-order valence-electron chi connectivity index (χ3n) is 5.62. The van der Waals surface area contributed by atoms with Crippen LogP contribution in [0.4, 0.5) is 0 Å². The number of pyridine rings is 1. The Kier molecular flexibility index (Phi) is 4.10. The van der Waals surface area contributed by atoms with Gasteiger partial charge in [0.05, 0.1) is 16.6 Å². The standard InChI is InChI=1S/C28H19N3/c1-4-12-20(13-5-1)25-23-18-10-11-19-24(23)29-28-26(25)27(21-14-6-2-7-15-21)30-31(28)22-16-8-3-9-17-22/h1-19H. The van der Waals surface area contributed by atoms with Gasteiger partial charge in [0.15, 0.2) is 5.65 Å². The van der Waals surface area contributed by atoms with Gasteiger partial charge in [-0.3, -0.25) is 0 Å². The van der Waals surface area contributed by atoms with Gasteiger partial charge in [0, 0.05) is 16.5 Å². The van der Waals surface area contributed by atoms with Crippen LogP contribution in [0.5, 0.6) is 0 Å². The van der Waals surface area contributed by atoms with E-state index in [0.29, 0.717) is 0 Å². The smallest absolute Gasteiger partial charge is 0.164 e. The number of aromatic nitrogens is 3. The van der Waals surface area contributed by atoms with E-state index >= 15 is 0 Å². The molecule has 0 saturated carbocycles. The molecule has 6 aromatic rings. The predicted octanol–water partition coefficient (Wildman–Crippen LogP) is 6.91. The monoisotopic (exact) mass is 397 g/mol. The van der Waals surface area contributed by atoms with Crippen LogP contribution in [0.1, 0.15) is 0 Å². The molecule has 6 rings (SSSR count). The van der Waals surface area contributed by atoms with Crippen molar-refractivity contribution in [2.45, 2.75) is 0 Å². The van der Waals surface area contributed by atoms with Crippen LogP contribution < -0.4 is 0 Å². The minimum Gasteiger partial charge on any atom is -0.228 e. The molecule has 2 aromatic heterocycles. The van der Waals surface area contributed by atoms with Crippen LogP contribution in [0.25, 0.3) is 50.0 Å². The Morgan fingerprint density at radius 1 is 0.548 bits per heavy atom. The topological polar surface area (TPSA) is 30.7 Å². The van der Waals surface area contributed by atoms with Gasteiger partial charge in [-0.2, -0.15) is 5.10 Å². The van der Waals surface area contributed by atoms with Crippen molar-refractivity contribution in [3.63, 3.8) is 0 Å². The summed E-state index contributed by atoms with van der Waals surface area (Å²) in [4.78, 5) is 5.09. The Morgan fingerprint density at radius 3 is 1.84 bits per heavy atom. The van der Waals surface area contributed by atoms with Crippen molar-refractivity contribution in [3.8, 4) is 28.1 Å². The molecular weight excluding hydrogens is 378 g/mol. The van der Waals surface area contributed by atoms with Crippen LogP contribution in [0, 0.1) is 0 Å². The molecule has 0 radical (unpaired) electrons. The molecule has 146 valence electrons. The van der Waals surface area contributed by atoms with E-state index in [4.69, 9.17) is 10.1 Å². The summed E-state index contributed by atoms with van der Waals surface area (Å²) in [5.74, 6) is 0. The largest absolute Gasteiger partial charge is 0.228 e. The molecule has 0 aliphatic heterocycles. The second-order valence-electron chi connectivity index (χ2n) is 7.53. The Hall–Kier alpha value is -4.24. The Bertz CT molecular complexity index is 1500. The third-order valence-corrected chi connectivity index (χ3v) is 5.62. The van der Waals surface area contributed by atoms with Crippen LogP contribution in [-0.2, 0) is 0 Å². The highest BCUT2D eigenvalue weighted by Gasteiger charge is 2.21. The second kappa shape index (κ2) is 7.22. The van der Waals surface area contributed by atoms with Gasteiger partial charge in [-0.05, 0) is 23.8 Å². The molecule has 0 saturated heterocycles. The highest BCUT2D eigenvalue weighted by molar-refractivity contribution is 6.13. The summed E-state index contributed by atoms with van der Waals surface area (Å²) in [6.45, 7) is 0. The number of hydrogen-bond donors (Lipinski definition) is 0. The number of rotatable bonds is 3. The van der Waals surface area contributed by atoms with Crippen molar-refractivity contribution in [3.05, 3.63) is 115 Å². The summed E-state index contributed by atoms with van der Waals surface area (Å²) < 4.78 is 1.97. The first-order chi connectivity index (χ1) is 15.4. The number of para-hydroxylation sites is 2. The van der Waals surface area contributed by atoms with E-state index in [1.54, 1.807) is 0 Å². The number of hydrogen-bond acceptors (Lipinski definition) is 2. The fourth-order valence-electron chi connectivity index (χ4n) is 4.23. The van der Waals surface area contributed by atoms with Gasteiger partial charge in [-0.15, -0.1) is 0 Å². The molecule has 0 unspecified atom stereocenters.